The van der Waals surface area contributed by atoms with Crippen molar-refractivity contribution >= 4 is 23.3 Å². The summed E-state index contributed by atoms with van der Waals surface area (Å²) in [7, 11) is 0. The smallest absolute Gasteiger partial charge is 0.258 e. The van der Waals surface area contributed by atoms with Gasteiger partial charge in [-0.05, 0) is 24.2 Å². The summed E-state index contributed by atoms with van der Waals surface area (Å²) in [4.78, 5) is 11.8. The Morgan fingerprint density at radius 2 is 2.12 bits per heavy atom. The van der Waals surface area contributed by atoms with E-state index in [2.05, 4.69) is 20.3 Å². The SMILES string of the molecule is Cc1nonc1NC(=O)c1ccccc1Cl. The lowest BCUT2D eigenvalue weighted by atomic mass is 10.2. The molecule has 1 aromatic heterocycles. The molecule has 0 bridgehead atoms. The number of halogens is 1. The van der Waals surface area contributed by atoms with Gasteiger partial charge in [0.15, 0.2) is 0 Å². The van der Waals surface area contributed by atoms with Crippen LogP contribution in [0.4, 0.5) is 5.82 Å². The zero-order chi connectivity index (χ0) is 11.5. The number of nitrogens with one attached hydrogen (secondary N) is 1. The highest BCUT2D eigenvalue weighted by molar-refractivity contribution is 6.34. The van der Waals surface area contributed by atoms with Gasteiger partial charge >= 0.3 is 0 Å². The highest BCUT2D eigenvalue weighted by atomic mass is 35.5. The van der Waals surface area contributed by atoms with Crippen LogP contribution in [0.2, 0.25) is 5.02 Å². The Morgan fingerprint density at radius 1 is 1.38 bits per heavy atom. The molecule has 0 saturated heterocycles. The van der Waals surface area contributed by atoms with Gasteiger partial charge < -0.3 is 5.32 Å². The van der Waals surface area contributed by atoms with Gasteiger partial charge in [0.1, 0.15) is 5.69 Å². The first-order chi connectivity index (χ1) is 7.68. The lowest BCUT2D eigenvalue weighted by Gasteiger charge is -2.03. The predicted molar refractivity (Wildman–Crippen MR) is 58.4 cm³/mol. The van der Waals surface area contributed by atoms with Crippen LogP contribution in [0.5, 0.6) is 0 Å². The second-order valence-electron chi connectivity index (χ2n) is 3.13. The first kappa shape index (κ1) is 10.6. The van der Waals surface area contributed by atoms with Gasteiger partial charge in [-0.3, -0.25) is 4.79 Å². The standard InChI is InChI=1S/C10H8ClN3O2/c1-6-9(14-16-13-6)12-10(15)7-4-2-3-5-8(7)11/h2-5H,1H3,(H,12,14,15). The fourth-order valence-corrected chi connectivity index (χ4v) is 1.39. The van der Waals surface area contributed by atoms with Crippen molar-refractivity contribution in [3.8, 4) is 0 Å². The zero-order valence-corrected chi connectivity index (χ0v) is 9.15. The van der Waals surface area contributed by atoms with Gasteiger partial charge in [0.2, 0.25) is 5.82 Å². The molecule has 1 heterocycles. The van der Waals surface area contributed by atoms with Crippen molar-refractivity contribution in [1.82, 2.24) is 10.3 Å². The molecular formula is C10H8ClN3O2. The predicted octanol–water partition coefficient (Wildman–Crippen LogP) is 2.28. The number of rotatable bonds is 2. The van der Waals surface area contributed by atoms with Gasteiger partial charge in [0.05, 0.1) is 10.6 Å². The molecule has 82 valence electrons. The quantitative estimate of drug-likeness (QED) is 0.870. The van der Waals surface area contributed by atoms with Crippen molar-refractivity contribution in [1.29, 1.82) is 0 Å². The molecule has 0 unspecified atom stereocenters. The van der Waals surface area contributed by atoms with E-state index < -0.39 is 0 Å². The molecule has 16 heavy (non-hydrogen) atoms. The molecule has 0 saturated carbocycles. The molecule has 1 amide bonds. The molecular weight excluding hydrogens is 230 g/mol. The Balaban J connectivity index is 2.22. The van der Waals surface area contributed by atoms with E-state index in [0.717, 1.165) is 0 Å². The minimum Gasteiger partial charge on any atom is -0.302 e. The summed E-state index contributed by atoms with van der Waals surface area (Å²) in [5.41, 5.74) is 0.895. The average molecular weight is 238 g/mol. The number of hydrogen-bond donors (Lipinski definition) is 1. The van der Waals surface area contributed by atoms with E-state index in [1.54, 1.807) is 31.2 Å². The Bertz CT molecular complexity index is 524. The van der Waals surface area contributed by atoms with Crippen LogP contribution in [-0.2, 0) is 0 Å². The van der Waals surface area contributed by atoms with Crippen LogP contribution in [0.3, 0.4) is 0 Å². The third-order valence-electron chi connectivity index (χ3n) is 2.00. The van der Waals surface area contributed by atoms with Crippen molar-refractivity contribution in [3.63, 3.8) is 0 Å². The molecule has 5 nitrogen and oxygen atoms in total. The van der Waals surface area contributed by atoms with Crippen LogP contribution < -0.4 is 5.32 Å². The average Bonchev–Trinajstić information content (AvgIpc) is 2.65. The first-order valence-corrected chi connectivity index (χ1v) is 4.91. The number of aryl methyl sites for hydroxylation is 1. The highest BCUT2D eigenvalue weighted by Crippen LogP contribution is 2.17. The van der Waals surface area contributed by atoms with Crippen molar-refractivity contribution in [3.05, 3.63) is 40.5 Å². The third kappa shape index (κ3) is 2.04. The molecule has 1 aromatic carbocycles. The number of aromatic nitrogens is 2. The van der Waals surface area contributed by atoms with Crippen LogP contribution in [0, 0.1) is 6.92 Å². The fourth-order valence-electron chi connectivity index (χ4n) is 1.17. The van der Waals surface area contributed by atoms with Gasteiger partial charge in [0.25, 0.3) is 5.91 Å². The Morgan fingerprint density at radius 3 is 2.75 bits per heavy atom. The monoisotopic (exact) mass is 237 g/mol. The number of anilines is 1. The Hall–Kier alpha value is -1.88. The van der Waals surface area contributed by atoms with E-state index in [9.17, 15) is 4.79 Å². The molecule has 0 aliphatic rings. The Kier molecular flexibility index (Phi) is 2.87. The minimum atomic E-state index is -0.343. The van der Waals surface area contributed by atoms with Crippen molar-refractivity contribution in [2.75, 3.05) is 5.32 Å². The zero-order valence-electron chi connectivity index (χ0n) is 8.40. The van der Waals surface area contributed by atoms with Gasteiger partial charge in [0, 0.05) is 0 Å². The molecule has 6 heteroatoms. The lowest BCUT2D eigenvalue weighted by Crippen LogP contribution is -2.13. The molecule has 0 atom stereocenters. The maximum atomic E-state index is 11.8. The second-order valence-corrected chi connectivity index (χ2v) is 3.54. The van der Waals surface area contributed by atoms with Crippen LogP contribution in [0.25, 0.3) is 0 Å². The molecule has 0 spiro atoms. The number of amides is 1. The number of carbonyl (C=O) groups is 1. The van der Waals surface area contributed by atoms with Crippen molar-refractivity contribution < 1.29 is 9.42 Å². The van der Waals surface area contributed by atoms with Crippen molar-refractivity contribution in [2.45, 2.75) is 6.92 Å². The van der Waals surface area contributed by atoms with Gasteiger partial charge in [-0.15, -0.1) is 0 Å². The van der Waals surface area contributed by atoms with E-state index in [-0.39, 0.29) is 5.91 Å². The number of carbonyl (C=O) groups excluding carboxylic acids is 1. The highest BCUT2D eigenvalue weighted by Gasteiger charge is 2.13. The molecule has 0 radical (unpaired) electrons. The summed E-state index contributed by atoms with van der Waals surface area (Å²) < 4.78 is 4.46. The van der Waals surface area contributed by atoms with E-state index in [0.29, 0.717) is 22.1 Å². The van der Waals surface area contributed by atoms with Crippen LogP contribution in [0.15, 0.2) is 28.9 Å². The van der Waals surface area contributed by atoms with E-state index in [1.807, 2.05) is 0 Å². The topological polar surface area (TPSA) is 68.0 Å². The summed E-state index contributed by atoms with van der Waals surface area (Å²) in [6.07, 6.45) is 0. The van der Waals surface area contributed by atoms with E-state index >= 15 is 0 Å². The first-order valence-electron chi connectivity index (χ1n) is 4.53. The van der Waals surface area contributed by atoms with Crippen LogP contribution >= 0.6 is 11.6 Å². The third-order valence-corrected chi connectivity index (χ3v) is 2.33. The largest absolute Gasteiger partial charge is 0.302 e. The molecule has 0 fully saturated rings. The summed E-state index contributed by atoms with van der Waals surface area (Å²) in [6, 6.07) is 6.75. The molecule has 0 aliphatic heterocycles. The summed E-state index contributed by atoms with van der Waals surface area (Å²) in [5, 5.41) is 10.0. The Labute approximate surface area is 96.4 Å². The maximum Gasteiger partial charge on any atom is 0.258 e. The van der Waals surface area contributed by atoms with E-state index in [1.165, 1.54) is 0 Å². The summed E-state index contributed by atoms with van der Waals surface area (Å²) >= 11 is 5.88. The van der Waals surface area contributed by atoms with Crippen LogP contribution in [-0.4, -0.2) is 16.2 Å². The molecule has 1 N–H and O–H groups in total. The summed E-state index contributed by atoms with van der Waals surface area (Å²) in [5.74, 6) is -0.0469. The van der Waals surface area contributed by atoms with Gasteiger partial charge in [-0.2, -0.15) is 0 Å². The van der Waals surface area contributed by atoms with E-state index in [4.69, 9.17) is 11.6 Å². The molecule has 2 aromatic rings. The summed E-state index contributed by atoms with van der Waals surface area (Å²) in [6.45, 7) is 1.68. The second kappa shape index (κ2) is 4.32. The van der Waals surface area contributed by atoms with Gasteiger partial charge in [-0.1, -0.05) is 28.9 Å². The van der Waals surface area contributed by atoms with Crippen molar-refractivity contribution in [2.24, 2.45) is 0 Å². The normalized spacial score (nSPS) is 10.1. The lowest BCUT2D eigenvalue weighted by molar-refractivity contribution is 0.102. The van der Waals surface area contributed by atoms with Gasteiger partial charge in [-0.25, -0.2) is 4.63 Å². The fraction of sp³-hybridized carbons (Fsp3) is 0.100. The number of hydrogen-bond acceptors (Lipinski definition) is 4. The molecule has 0 aliphatic carbocycles. The minimum absolute atomic E-state index is 0.296. The number of nitrogens with zero attached hydrogens (tertiary/aromatic N) is 2. The van der Waals surface area contributed by atoms with Crippen LogP contribution in [0.1, 0.15) is 16.1 Å². The number of benzene rings is 1. The molecule has 2 rings (SSSR count). The maximum absolute atomic E-state index is 11.8.